The Morgan fingerprint density at radius 3 is 2.64 bits per heavy atom. The Bertz CT molecular complexity index is 912. The fourth-order valence-electron chi connectivity index (χ4n) is 2.35. The lowest BCUT2D eigenvalue weighted by molar-refractivity contribution is -0.117. The van der Waals surface area contributed by atoms with Gasteiger partial charge in [-0.25, -0.2) is 5.01 Å². The van der Waals surface area contributed by atoms with Crippen LogP contribution in [0.15, 0.2) is 42.0 Å². The van der Waals surface area contributed by atoms with Crippen molar-refractivity contribution in [3.63, 3.8) is 0 Å². The van der Waals surface area contributed by atoms with Crippen LogP contribution in [-0.4, -0.2) is 24.0 Å². The summed E-state index contributed by atoms with van der Waals surface area (Å²) >= 11 is 11.8. The molecule has 1 saturated heterocycles. The van der Waals surface area contributed by atoms with Crippen LogP contribution in [0, 0.1) is 0 Å². The van der Waals surface area contributed by atoms with Crippen molar-refractivity contribution in [1.82, 2.24) is 5.43 Å². The van der Waals surface area contributed by atoms with Gasteiger partial charge in [-0.2, -0.15) is 0 Å². The van der Waals surface area contributed by atoms with E-state index in [2.05, 4.69) is 5.43 Å². The average molecular weight is 379 g/mol. The Kier molecular flexibility index (Phi) is 4.57. The predicted octanol–water partition coefficient (Wildman–Crippen LogP) is 3.17. The van der Waals surface area contributed by atoms with Crippen molar-refractivity contribution in [2.75, 3.05) is 12.1 Å². The molecule has 3 rings (SSSR count). The van der Waals surface area contributed by atoms with Gasteiger partial charge in [0.15, 0.2) is 11.5 Å². The van der Waals surface area contributed by atoms with Crippen molar-refractivity contribution >= 4 is 46.8 Å². The molecule has 0 atom stereocenters. The normalized spacial score (nSPS) is 15.6. The molecule has 0 unspecified atom stereocenters. The van der Waals surface area contributed by atoms with Crippen LogP contribution in [0.5, 0.6) is 11.5 Å². The van der Waals surface area contributed by atoms with E-state index >= 15 is 0 Å². The minimum atomic E-state index is -0.562. The second kappa shape index (κ2) is 6.66. The van der Waals surface area contributed by atoms with Crippen LogP contribution in [0.3, 0.4) is 0 Å². The molecule has 8 heteroatoms. The number of aromatic hydroxyl groups is 1. The maximum absolute atomic E-state index is 12.6. The minimum absolute atomic E-state index is 0.0451. The summed E-state index contributed by atoms with van der Waals surface area (Å²) in [6.45, 7) is 0. The first-order chi connectivity index (χ1) is 11.9. The van der Waals surface area contributed by atoms with Crippen molar-refractivity contribution in [3.8, 4) is 11.5 Å². The first-order valence-electron chi connectivity index (χ1n) is 7.10. The first-order valence-corrected chi connectivity index (χ1v) is 7.85. The monoisotopic (exact) mass is 378 g/mol. The molecule has 128 valence electrons. The molecule has 0 spiro atoms. The van der Waals surface area contributed by atoms with E-state index in [0.717, 1.165) is 5.01 Å². The van der Waals surface area contributed by atoms with Crippen LogP contribution < -0.4 is 15.2 Å². The number of anilines is 1. The Hall–Kier alpha value is -2.70. The highest BCUT2D eigenvalue weighted by atomic mass is 35.5. The second-order valence-corrected chi connectivity index (χ2v) is 6.02. The van der Waals surface area contributed by atoms with Crippen LogP contribution in [-0.2, 0) is 9.59 Å². The number of benzene rings is 2. The van der Waals surface area contributed by atoms with Crippen molar-refractivity contribution < 1.29 is 19.4 Å². The van der Waals surface area contributed by atoms with Gasteiger partial charge < -0.3 is 9.84 Å². The van der Waals surface area contributed by atoms with Crippen molar-refractivity contribution in [3.05, 3.63) is 57.6 Å². The molecule has 1 fully saturated rings. The number of phenols is 1. The Morgan fingerprint density at radius 2 is 1.96 bits per heavy atom. The lowest BCUT2D eigenvalue weighted by Gasteiger charge is -2.14. The molecule has 25 heavy (non-hydrogen) atoms. The fraction of sp³-hybridized carbons (Fsp3) is 0.0588. The van der Waals surface area contributed by atoms with Gasteiger partial charge in [-0.3, -0.25) is 15.0 Å². The van der Waals surface area contributed by atoms with Crippen LogP contribution in [0.25, 0.3) is 6.08 Å². The smallest absolute Gasteiger partial charge is 0.282 e. The van der Waals surface area contributed by atoms with Crippen molar-refractivity contribution in [2.24, 2.45) is 0 Å². The van der Waals surface area contributed by atoms with Gasteiger partial charge in [0.25, 0.3) is 11.8 Å². The molecule has 6 nitrogen and oxygen atoms in total. The summed E-state index contributed by atoms with van der Waals surface area (Å²) in [5, 5.41) is 11.4. The highest BCUT2D eigenvalue weighted by Crippen LogP contribution is 2.36. The van der Waals surface area contributed by atoms with E-state index in [1.54, 1.807) is 24.3 Å². The second-order valence-electron chi connectivity index (χ2n) is 5.17. The summed E-state index contributed by atoms with van der Waals surface area (Å²) in [6.07, 6.45) is 1.37. The summed E-state index contributed by atoms with van der Waals surface area (Å²) in [7, 11) is 1.37. The van der Waals surface area contributed by atoms with E-state index in [-0.39, 0.29) is 22.1 Å². The molecular weight excluding hydrogens is 367 g/mol. The topological polar surface area (TPSA) is 78.9 Å². The number of phenolic OH excluding ortho intramolecular Hbond substituents is 1. The number of hydrogen-bond donors (Lipinski definition) is 2. The third-order valence-electron chi connectivity index (χ3n) is 3.54. The molecule has 0 saturated carbocycles. The van der Waals surface area contributed by atoms with Crippen LogP contribution in [0.2, 0.25) is 10.0 Å². The zero-order chi connectivity index (χ0) is 18.1. The molecule has 2 amide bonds. The molecule has 0 bridgehead atoms. The van der Waals surface area contributed by atoms with Gasteiger partial charge in [-0.15, -0.1) is 0 Å². The van der Waals surface area contributed by atoms with E-state index < -0.39 is 11.8 Å². The van der Waals surface area contributed by atoms with Crippen molar-refractivity contribution in [2.45, 2.75) is 0 Å². The molecule has 2 aromatic rings. The number of rotatable bonds is 3. The largest absolute Gasteiger partial charge is 0.503 e. The average Bonchev–Trinajstić information content (AvgIpc) is 2.86. The molecule has 1 heterocycles. The number of hydrazine groups is 1. The van der Waals surface area contributed by atoms with E-state index in [9.17, 15) is 14.7 Å². The number of carbonyl (C=O) groups excluding carboxylic acids is 2. The number of ether oxygens (including phenoxy) is 1. The Balaban J connectivity index is 1.98. The van der Waals surface area contributed by atoms with Gasteiger partial charge in [0.05, 0.1) is 17.8 Å². The number of nitrogens with zero attached hydrogens (tertiary/aromatic N) is 1. The van der Waals surface area contributed by atoms with Gasteiger partial charge in [0.1, 0.15) is 5.57 Å². The zero-order valence-corrected chi connectivity index (χ0v) is 14.4. The number of nitrogens with one attached hydrogen (secondary N) is 1. The number of hydrogen-bond acceptors (Lipinski definition) is 4. The number of carbonyl (C=O) groups is 2. The van der Waals surface area contributed by atoms with E-state index in [0.29, 0.717) is 16.3 Å². The van der Waals surface area contributed by atoms with Gasteiger partial charge in [0.2, 0.25) is 0 Å². The molecule has 1 aliphatic rings. The van der Waals surface area contributed by atoms with Gasteiger partial charge >= 0.3 is 0 Å². The molecule has 0 aliphatic carbocycles. The maximum atomic E-state index is 12.6. The van der Waals surface area contributed by atoms with Crippen LogP contribution in [0.1, 0.15) is 5.56 Å². The maximum Gasteiger partial charge on any atom is 0.282 e. The van der Waals surface area contributed by atoms with Gasteiger partial charge in [-0.05, 0) is 42.0 Å². The van der Waals surface area contributed by atoms with E-state index in [4.69, 9.17) is 27.9 Å². The lowest BCUT2D eigenvalue weighted by Crippen LogP contribution is -2.35. The zero-order valence-electron chi connectivity index (χ0n) is 12.9. The molecule has 2 N–H and O–H groups in total. The number of amides is 2. The van der Waals surface area contributed by atoms with Gasteiger partial charge in [0, 0.05) is 5.02 Å². The summed E-state index contributed by atoms with van der Waals surface area (Å²) in [4.78, 5) is 24.7. The SMILES string of the molecule is COc1cc(/C=C2/C(=O)NN(c3cccc(Cl)c3)C2=O)cc(Cl)c1O. The van der Waals surface area contributed by atoms with E-state index in [1.165, 1.54) is 25.3 Å². The first kappa shape index (κ1) is 17.1. The number of halogens is 2. The predicted molar refractivity (Wildman–Crippen MR) is 94.7 cm³/mol. The summed E-state index contributed by atoms with van der Waals surface area (Å²) < 4.78 is 5.01. The molecule has 1 aliphatic heterocycles. The summed E-state index contributed by atoms with van der Waals surface area (Å²) in [5.41, 5.74) is 3.27. The third-order valence-corrected chi connectivity index (χ3v) is 4.06. The quantitative estimate of drug-likeness (QED) is 0.634. The fourth-order valence-corrected chi connectivity index (χ4v) is 2.76. The van der Waals surface area contributed by atoms with Crippen LogP contribution >= 0.6 is 23.2 Å². The van der Waals surface area contributed by atoms with E-state index in [1.807, 2.05) is 0 Å². The summed E-state index contributed by atoms with van der Waals surface area (Å²) in [6, 6.07) is 9.43. The van der Waals surface area contributed by atoms with Gasteiger partial charge in [-0.1, -0.05) is 29.3 Å². The molecule has 0 radical (unpaired) electrons. The third kappa shape index (κ3) is 3.26. The van der Waals surface area contributed by atoms with Crippen LogP contribution in [0.4, 0.5) is 5.69 Å². The van der Waals surface area contributed by atoms with Crippen molar-refractivity contribution in [1.29, 1.82) is 0 Å². The molecular formula is C17H12Cl2N2O4. The highest BCUT2D eigenvalue weighted by Gasteiger charge is 2.34. The molecule has 2 aromatic carbocycles. The standard InChI is InChI=1S/C17H12Cl2N2O4/c1-25-14-7-9(6-13(19)15(14)22)5-12-16(23)20-21(17(12)24)11-4-2-3-10(18)8-11/h2-8,22H,1H3,(H,20,23)/b12-5-. The Morgan fingerprint density at radius 1 is 1.20 bits per heavy atom. The molecule has 0 aromatic heterocycles. The minimum Gasteiger partial charge on any atom is -0.503 e. The lowest BCUT2D eigenvalue weighted by atomic mass is 10.1. The summed E-state index contributed by atoms with van der Waals surface area (Å²) in [5.74, 6) is -1.17. The number of methoxy groups -OCH3 is 1. The Labute approximate surface area is 153 Å². The highest BCUT2D eigenvalue weighted by molar-refractivity contribution is 6.34.